The van der Waals surface area contributed by atoms with Gasteiger partial charge in [0, 0.05) is 12.0 Å². The summed E-state index contributed by atoms with van der Waals surface area (Å²) in [5, 5.41) is 5.44. The highest BCUT2D eigenvalue weighted by Crippen LogP contribution is 2.09. The second kappa shape index (κ2) is 5.18. The zero-order valence-corrected chi connectivity index (χ0v) is 10.1. The Balaban J connectivity index is 2.36. The monoisotopic (exact) mass is 228 g/mol. The lowest BCUT2D eigenvalue weighted by molar-refractivity contribution is -0.120. The van der Waals surface area contributed by atoms with E-state index in [1.807, 2.05) is 20.8 Å². The Labute approximate surface area is 95.9 Å². The van der Waals surface area contributed by atoms with E-state index in [0.717, 1.165) is 12.8 Å². The van der Waals surface area contributed by atoms with Crippen molar-refractivity contribution < 1.29 is 14.3 Å². The molecule has 1 fully saturated rings. The van der Waals surface area contributed by atoms with Gasteiger partial charge < -0.3 is 15.4 Å². The quantitative estimate of drug-likeness (QED) is 0.708. The van der Waals surface area contributed by atoms with E-state index in [0.29, 0.717) is 13.0 Å². The number of ether oxygens (including phenoxy) is 1. The molecule has 5 nitrogen and oxygen atoms in total. The molecule has 0 aliphatic carbocycles. The second-order valence-electron chi connectivity index (χ2n) is 5.10. The van der Waals surface area contributed by atoms with Gasteiger partial charge in [0.15, 0.2) is 0 Å². The topological polar surface area (TPSA) is 67.4 Å². The Morgan fingerprint density at radius 1 is 1.50 bits per heavy atom. The van der Waals surface area contributed by atoms with Crippen LogP contribution in [0.25, 0.3) is 0 Å². The Bertz CT molecular complexity index is 271. The fourth-order valence-corrected chi connectivity index (χ4v) is 1.50. The number of hydrogen-bond donors (Lipinski definition) is 2. The molecular weight excluding hydrogens is 208 g/mol. The summed E-state index contributed by atoms with van der Waals surface area (Å²) in [7, 11) is 0. The summed E-state index contributed by atoms with van der Waals surface area (Å²) >= 11 is 0. The van der Waals surface area contributed by atoms with Gasteiger partial charge in [-0.2, -0.15) is 0 Å². The first-order valence-electron chi connectivity index (χ1n) is 5.62. The normalized spacial score (nSPS) is 21.9. The van der Waals surface area contributed by atoms with Crippen LogP contribution in [0, 0.1) is 0 Å². The van der Waals surface area contributed by atoms with Gasteiger partial charge in [-0.05, 0) is 33.6 Å². The molecule has 1 aliphatic rings. The van der Waals surface area contributed by atoms with Gasteiger partial charge in [0.2, 0.25) is 5.91 Å². The van der Waals surface area contributed by atoms with Crippen LogP contribution < -0.4 is 10.6 Å². The smallest absolute Gasteiger partial charge is 0.407 e. The first-order valence-corrected chi connectivity index (χ1v) is 5.62. The summed E-state index contributed by atoms with van der Waals surface area (Å²) in [5.74, 6) is 0.0299. The van der Waals surface area contributed by atoms with E-state index >= 15 is 0 Å². The van der Waals surface area contributed by atoms with E-state index in [9.17, 15) is 9.59 Å². The minimum Gasteiger partial charge on any atom is -0.444 e. The minimum absolute atomic E-state index is 0.0299. The van der Waals surface area contributed by atoms with Crippen molar-refractivity contribution in [3.8, 4) is 0 Å². The van der Waals surface area contributed by atoms with E-state index in [4.69, 9.17) is 4.74 Å². The third kappa shape index (κ3) is 5.00. The summed E-state index contributed by atoms with van der Waals surface area (Å²) in [4.78, 5) is 22.6. The molecule has 0 unspecified atom stereocenters. The van der Waals surface area contributed by atoms with E-state index in [2.05, 4.69) is 10.6 Å². The molecule has 0 aromatic carbocycles. The van der Waals surface area contributed by atoms with Crippen molar-refractivity contribution in [3.63, 3.8) is 0 Å². The predicted octanol–water partition coefficient (Wildman–Crippen LogP) is 1.18. The second-order valence-corrected chi connectivity index (χ2v) is 5.10. The number of rotatable bonds is 1. The fourth-order valence-electron chi connectivity index (χ4n) is 1.50. The average Bonchev–Trinajstić information content (AvgIpc) is 2.27. The minimum atomic E-state index is -0.423. The van der Waals surface area contributed by atoms with Gasteiger partial charge in [0.05, 0.1) is 6.54 Å². The Morgan fingerprint density at radius 2 is 2.19 bits per heavy atom. The van der Waals surface area contributed by atoms with Crippen molar-refractivity contribution in [1.82, 2.24) is 10.6 Å². The Morgan fingerprint density at radius 3 is 2.81 bits per heavy atom. The molecule has 92 valence electrons. The zero-order valence-electron chi connectivity index (χ0n) is 10.1. The third-order valence-corrected chi connectivity index (χ3v) is 2.21. The lowest BCUT2D eigenvalue weighted by Gasteiger charge is -2.22. The molecule has 1 atom stereocenters. The van der Waals surface area contributed by atoms with E-state index in [1.165, 1.54) is 0 Å². The van der Waals surface area contributed by atoms with Crippen LogP contribution in [0.5, 0.6) is 0 Å². The maximum Gasteiger partial charge on any atom is 0.407 e. The number of amides is 2. The third-order valence-electron chi connectivity index (χ3n) is 2.21. The highest BCUT2D eigenvalue weighted by molar-refractivity contribution is 5.76. The largest absolute Gasteiger partial charge is 0.444 e. The number of carbonyl (C=O) groups excluding carboxylic acids is 2. The zero-order chi connectivity index (χ0) is 12.2. The molecule has 0 aromatic rings. The van der Waals surface area contributed by atoms with Crippen LogP contribution in [-0.4, -0.2) is 30.2 Å². The van der Waals surface area contributed by atoms with Crippen LogP contribution in [0.2, 0.25) is 0 Å². The molecule has 2 N–H and O–H groups in total. The first kappa shape index (κ1) is 12.8. The molecule has 1 aliphatic heterocycles. The molecule has 0 spiro atoms. The van der Waals surface area contributed by atoms with Gasteiger partial charge >= 0.3 is 6.09 Å². The summed E-state index contributed by atoms with van der Waals surface area (Å²) in [6, 6.07) is 0. The molecule has 5 heteroatoms. The lowest BCUT2D eigenvalue weighted by Crippen LogP contribution is -2.43. The highest BCUT2D eigenvalue weighted by Gasteiger charge is 2.21. The highest BCUT2D eigenvalue weighted by atomic mass is 16.6. The van der Waals surface area contributed by atoms with Crippen LogP contribution in [0.3, 0.4) is 0 Å². The fraction of sp³-hybridized carbons (Fsp3) is 0.818. The van der Waals surface area contributed by atoms with Crippen LogP contribution in [0.1, 0.15) is 40.0 Å². The number of carbonyl (C=O) groups is 2. The lowest BCUT2D eigenvalue weighted by atomic mass is 10.1. The number of alkyl carbamates (subject to hydrolysis) is 1. The SMILES string of the molecule is CC(C)(C)NC(=O)O[C@H]1CCCC(=O)NC1. The Kier molecular flexibility index (Phi) is 4.15. The van der Waals surface area contributed by atoms with Crippen molar-refractivity contribution in [2.24, 2.45) is 0 Å². The first-order chi connectivity index (χ1) is 7.37. The summed E-state index contributed by atoms with van der Waals surface area (Å²) in [6.07, 6.45) is 1.37. The standard InChI is InChI=1S/C11H20N2O3/c1-11(2,3)13-10(15)16-8-5-4-6-9(14)12-7-8/h8H,4-7H2,1-3H3,(H,12,14)(H,13,15)/t8-/m0/s1. The predicted molar refractivity (Wildman–Crippen MR) is 60.0 cm³/mol. The Hall–Kier alpha value is -1.26. The summed E-state index contributed by atoms with van der Waals surface area (Å²) in [6.45, 7) is 6.09. The van der Waals surface area contributed by atoms with Gasteiger partial charge in [-0.3, -0.25) is 4.79 Å². The van der Waals surface area contributed by atoms with Crippen molar-refractivity contribution in [3.05, 3.63) is 0 Å². The van der Waals surface area contributed by atoms with Crippen LogP contribution in [0.15, 0.2) is 0 Å². The molecule has 0 bridgehead atoms. The molecule has 0 aromatic heterocycles. The van der Waals surface area contributed by atoms with Crippen LogP contribution in [-0.2, 0) is 9.53 Å². The summed E-state index contributed by atoms with van der Waals surface area (Å²) in [5.41, 5.74) is -0.301. The molecule has 1 heterocycles. The van der Waals surface area contributed by atoms with Crippen LogP contribution >= 0.6 is 0 Å². The molecule has 16 heavy (non-hydrogen) atoms. The van der Waals surface area contributed by atoms with Gasteiger partial charge in [-0.15, -0.1) is 0 Å². The molecule has 1 saturated heterocycles. The van der Waals surface area contributed by atoms with Crippen molar-refractivity contribution in [2.75, 3.05) is 6.54 Å². The van der Waals surface area contributed by atoms with Gasteiger partial charge in [0.1, 0.15) is 6.10 Å². The maximum absolute atomic E-state index is 11.5. The maximum atomic E-state index is 11.5. The molecular formula is C11H20N2O3. The molecule has 1 rings (SSSR count). The van der Waals surface area contributed by atoms with E-state index in [1.54, 1.807) is 0 Å². The van der Waals surface area contributed by atoms with Crippen molar-refractivity contribution in [2.45, 2.75) is 51.7 Å². The van der Waals surface area contributed by atoms with Crippen LogP contribution in [0.4, 0.5) is 4.79 Å². The average molecular weight is 228 g/mol. The number of hydrogen-bond acceptors (Lipinski definition) is 3. The summed E-state index contributed by atoms with van der Waals surface area (Å²) < 4.78 is 5.23. The van der Waals surface area contributed by atoms with E-state index in [-0.39, 0.29) is 17.6 Å². The van der Waals surface area contributed by atoms with Gasteiger partial charge in [-0.25, -0.2) is 4.79 Å². The van der Waals surface area contributed by atoms with Gasteiger partial charge in [-0.1, -0.05) is 0 Å². The molecule has 0 radical (unpaired) electrons. The van der Waals surface area contributed by atoms with E-state index < -0.39 is 6.09 Å². The van der Waals surface area contributed by atoms with Crippen molar-refractivity contribution in [1.29, 1.82) is 0 Å². The van der Waals surface area contributed by atoms with Gasteiger partial charge in [0.25, 0.3) is 0 Å². The molecule has 2 amide bonds. The molecule has 0 saturated carbocycles. The number of nitrogens with one attached hydrogen (secondary N) is 2. The van der Waals surface area contributed by atoms with Crippen molar-refractivity contribution >= 4 is 12.0 Å².